The molecular formula is C14H18BrNO2. The Morgan fingerprint density at radius 2 is 2.06 bits per heavy atom. The van der Waals surface area contributed by atoms with Crippen molar-refractivity contribution in [2.24, 2.45) is 5.73 Å². The molecule has 0 aliphatic heterocycles. The van der Waals surface area contributed by atoms with Crippen LogP contribution in [0.25, 0.3) is 0 Å². The zero-order valence-electron chi connectivity index (χ0n) is 10.9. The third kappa shape index (κ3) is 3.66. The Kier molecular flexibility index (Phi) is 6.03. The summed E-state index contributed by atoms with van der Waals surface area (Å²) >= 11 is 3.44. The van der Waals surface area contributed by atoms with E-state index in [1.807, 2.05) is 12.1 Å². The molecule has 98 valence electrons. The van der Waals surface area contributed by atoms with Gasteiger partial charge in [-0.15, -0.1) is 0 Å². The van der Waals surface area contributed by atoms with Crippen molar-refractivity contribution in [2.75, 3.05) is 14.2 Å². The molecular weight excluding hydrogens is 294 g/mol. The fraction of sp³-hybridized carbons (Fsp3) is 0.429. The van der Waals surface area contributed by atoms with E-state index in [1.54, 1.807) is 14.2 Å². The molecule has 4 heteroatoms. The van der Waals surface area contributed by atoms with Crippen molar-refractivity contribution in [2.45, 2.75) is 25.8 Å². The van der Waals surface area contributed by atoms with E-state index in [4.69, 9.17) is 15.2 Å². The van der Waals surface area contributed by atoms with Crippen LogP contribution < -0.4 is 15.2 Å². The van der Waals surface area contributed by atoms with E-state index in [9.17, 15) is 0 Å². The minimum Gasteiger partial charge on any atom is -0.495 e. The molecule has 0 aliphatic rings. The molecule has 0 bridgehead atoms. The lowest BCUT2D eigenvalue weighted by Crippen LogP contribution is -2.16. The molecule has 0 amide bonds. The van der Waals surface area contributed by atoms with Gasteiger partial charge in [0, 0.05) is 0 Å². The maximum absolute atomic E-state index is 5.87. The van der Waals surface area contributed by atoms with Gasteiger partial charge >= 0.3 is 0 Å². The Bertz CT molecular complexity index is 463. The van der Waals surface area contributed by atoms with Crippen LogP contribution in [-0.4, -0.2) is 20.3 Å². The first-order valence-electron chi connectivity index (χ1n) is 5.81. The van der Waals surface area contributed by atoms with Gasteiger partial charge in [-0.05, 0) is 34.5 Å². The van der Waals surface area contributed by atoms with Gasteiger partial charge in [0.25, 0.3) is 0 Å². The average Bonchev–Trinajstić information content (AvgIpc) is 2.36. The Morgan fingerprint density at radius 3 is 2.61 bits per heavy atom. The van der Waals surface area contributed by atoms with Crippen LogP contribution in [0.4, 0.5) is 0 Å². The van der Waals surface area contributed by atoms with Crippen LogP contribution in [0.5, 0.6) is 11.5 Å². The van der Waals surface area contributed by atoms with Crippen LogP contribution in [0, 0.1) is 11.8 Å². The van der Waals surface area contributed by atoms with E-state index < -0.39 is 0 Å². The summed E-state index contributed by atoms with van der Waals surface area (Å²) in [4.78, 5) is 0. The van der Waals surface area contributed by atoms with Crippen molar-refractivity contribution in [1.29, 1.82) is 0 Å². The maximum atomic E-state index is 5.87. The Morgan fingerprint density at radius 1 is 1.33 bits per heavy atom. The minimum atomic E-state index is -0.0967. The number of hydrogen-bond donors (Lipinski definition) is 1. The van der Waals surface area contributed by atoms with Crippen molar-refractivity contribution in [3.8, 4) is 23.3 Å². The van der Waals surface area contributed by atoms with E-state index in [1.165, 1.54) is 0 Å². The first-order chi connectivity index (χ1) is 8.63. The Balaban J connectivity index is 3.06. The second kappa shape index (κ2) is 7.30. The second-order valence-electron chi connectivity index (χ2n) is 3.83. The van der Waals surface area contributed by atoms with E-state index in [-0.39, 0.29) is 6.04 Å². The SMILES string of the molecule is CCCC(N)C#Cc1ccc(OC)c(Br)c1OC. The summed E-state index contributed by atoms with van der Waals surface area (Å²) in [6.45, 7) is 2.09. The largest absolute Gasteiger partial charge is 0.495 e. The molecule has 1 aromatic rings. The molecule has 0 spiro atoms. The lowest BCUT2D eigenvalue weighted by molar-refractivity contribution is 0.389. The highest BCUT2D eigenvalue weighted by molar-refractivity contribution is 9.10. The average molecular weight is 312 g/mol. The molecule has 3 nitrogen and oxygen atoms in total. The molecule has 2 N–H and O–H groups in total. The summed E-state index contributed by atoms with van der Waals surface area (Å²) in [5, 5.41) is 0. The Hall–Kier alpha value is -1.18. The van der Waals surface area contributed by atoms with E-state index >= 15 is 0 Å². The highest BCUT2D eigenvalue weighted by Gasteiger charge is 2.11. The fourth-order valence-corrected chi connectivity index (χ4v) is 2.22. The number of nitrogens with two attached hydrogens (primary N) is 1. The molecule has 0 fully saturated rings. The number of benzene rings is 1. The highest BCUT2D eigenvalue weighted by Crippen LogP contribution is 2.36. The number of halogens is 1. The molecule has 0 aromatic heterocycles. The van der Waals surface area contributed by atoms with Gasteiger partial charge < -0.3 is 15.2 Å². The lowest BCUT2D eigenvalue weighted by atomic mass is 10.1. The molecule has 1 aromatic carbocycles. The number of hydrogen-bond acceptors (Lipinski definition) is 3. The van der Waals surface area contributed by atoms with Gasteiger partial charge in [0.05, 0.1) is 25.8 Å². The van der Waals surface area contributed by atoms with Crippen LogP contribution in [-0.2, 0) is 0 Å². The monoisotopic (exact) mass is 311 g/mol. The van der Waals surface area contributed by atoms with Gasteiger partial charge in [-0.2, -0.15) is 0 Å². The normalized spacial score (nSPS) is 11.4. The summed E-state index contributed by atoms with van der Waals surface area (Å²) in [5.74, 6) is 7.47. The number of rotatable bonds is 4. The topological polar surface area (TPSA) is 44.5 Å². The molecule has 18 heavy (non-hydrogen) atoms. The standard InChI is InChI=1S/C14H18BrNO2/c1-4-5-11(16)8-6-10-7-9-12(17-2)13(15)14(10)18-3/h7,9,11H,4-5,16H2,1-3H3. The van der Waals surface area contributed by atoms with E-state index in [0.717, 1.165) is 28.6 Å². The first-order valence-corrected chi connectivity index (χ1v) is 6.60. The van der Waals surface area contributed by atoms with Gasteiger partial charge in [-0.25, -0.2) is 0 Å². The van der Waals surface area contributed by atoms with E-state index in [2.05, 4.69) is 34.7 Å². The van der Waals surface area contributed by atoms with Crippen molar-refractivity contribution in [3.63, 3.8) is 0 Å². The third-order valence-electron chi connectivity index (χ3n) is 2.48. The van der Waals surface area contributed by atoms with Crippen LogP contribution >= 0.6 is 15.9 Å². The number of ether oxygens (including phenoxy) is 2. The third-order valence-corrected chi connectivity index (χ3v) is 3.23. The van der Waals surface area contributed by atoms with Gasteiger partial charge in [-0.3, -0.25) is 0 Å². The summed E-state index contributed by atoms with van der Waals surface area (Å²) < 4.78 is 11.3. The van der Waals surface area contributed by atoms with Crippen molar-refractivity contribution >= 4 is 15.9 Å². The van der Waals surface area contributed by atoms with Crippen LogP contribution in [0.2, 0.25) is 0 Å². The minimum absolute atomic E-state index is 0.0967. The quantitative estimate of drug-likeness (QED) is 0.870. The zero-order chi connectivity index (χ0) is 13.5. The van der Waals surface area contributed by atoms with Crippen LogP contribution in [0.1, 0.15) is 25.3 Å². The van der Waals surface area contributed by atoms with Crippen molar-refractivity contribution < 1.29 is 9.47 Å². The predicted octanol–water partition coefficient (Wildman–Crippen LogP) is 2.95. The van der Waals surface area contributed by atoms with E-state index in [0.29, 0.717) is 5.75 Å². The first kappa shape index (κ1) is 14.9. The molecule has 0 heterocycles. The van der Waals surface area contributed by atoms with Crippen molar-refractivity contribution in [3.05, 3.63) is 22.2 Å². The maximum Gasteiger partial charge on any atom is 0.152 e. The van der Waals surface area contributed by atoms with Gasteiger partial charge in [0.15, 0.2) is 5.75 Å². The van der Waals surface area contributed by atoms with Crippen LogP contribution in [0.15, 0.2) is 16.6 Å². The summed E-state index contributed by atoms with van der Waals surface area (Å²) in [7, 11) is 3.22. The van der Waals surface area contributed by atoms with Gasteiger partial charge in [0.1, 0.15) is 10.2 Å². The summed E-state index contributed by atoms with van der Waals surface area (Å²) in [6, 6.07) is 3.62. The van der Waals surface area contributed by atoms with Gasteiger partial charge in [-0.1, -0.05) is 25.2 Å². The second-order valence-corrected chi connectivity index (χ2v) is 4.62. The molecule has 0 saturated carbocycles. The van der Waals surface area contributed by atoms with Gasteiger partial charge in [0.2, 0.25) is 0 Å². The highest BCUT2D eigenvalue weighted by atomic mass is 79.9. The van der Waals surface area contributed by atoms with Crippen LogP contribution in [0.3, 0.4) is 0 Å². The summed E-state index contributed by atoms with van der Waals surface area (Å²) in [5.41, 5.74) is 6.67. The lowest BCUT2D eigenvalue weighted by Gasteiger charge is -2.10. The molecule has 1 rings (SSSR count). The molecule has 0 saturated heterocycles. The molecule has 0 aliphatic carbocycles. The predicted molar refractivity (Wildman–Crippen MR) is 77.0 cm³/mol. The molecule has 1 atom stereocenters. The van der Waals surface area contributed by atoms with Crippen molar-refractivity contribution in [1.82, 2.24) is 0 Å². The molecule has 0 radical (unpaired) electrons. The summed E-state index contributed by atoms with van der Waals surface area (Å²) in [6.07, 6.45) is 1.92. The number of methoxy groups -OCH3 is 2. The Labute approximate surface area is 117 Å². The smallest absolute Gasteiger partial charge is 0.152 e. The zero-order valence-corrected chi connectivity index (χ0v) is 12.5. The molecule has 1 unspecified atom stereocenters. The fourth-order valence-electron chi connectivity index (χ4n) is 1.55.